The van der Waals surface area contributed by atoms with E-state index in [1.54, 1.807) is 0 Å². The van der Waals surface area contributed by atoms with E-state index in [4.69, 9.17) is 15.7 Å². The van der Waals surface area contributed by atoms with Crippen molar-refractivity contribution >= 4 is 22.4 Å². The zero-order chi connectivity index (χ0) is 35.0. The molecule has 51 heavy (non-hydrogen) atoms. The van der Waals surface area contributed by atoms with Crippen molar-refractivity contribution in [3.05, 3.63) is 191 Å². The summed E-state index contributed by atoms with van der Waals surface area (Å²) in [5.41, 5.74) is 19.4. The standard InChI is InChI=1S/C47H36N4/c1-47(2)42-27-32(29-48)17-24-39(42)40-25-23-37(28-43(40)47)33-18-20-35(21-19-33)44-38-16-10-9-13-34(38)22-26-41(44)46(50-30-31-11-5-3-6-12-31)51-45(49)36-14-7-4-8-15-36/h3-28H,30H2,1-2H3,(H2,49,50,51). The highest BCUT2D eigenvalue weighted by Crippen LogP contribution is 2.50. The van der Waals surface area contributed by atoms with Crippen molar-refractivity contribution in [2.24, 2.45) is 15.7 Å². The molecule has 1 aliphatic rings. The molecule has 0 amide bonds. The van der Waals surface area contributed by atoms with E-state index in [2.05, 4.69) is 117 Å². The maximum Gasteiger partial charge on any atom is 0.157 e. The van der Waals surface area contributed by atoms with Crippen LogP contribution >= 0.6 is 0 Å². The summed E-state index contributed by atoms with van der Waals surface area (Å²) >= 11 is 0. The molecule has 0 bridgehead atoms. The van der Waals surface area contributed by atoms with Crippen molar-refractivity contribution in [2.75, 3.05) is 0 Å². The number of benzene rings is 7. The van der Waals surface area contributed by atoms with Gasteiger partial charge in [-0.05, 0) is 79.5 Å². The Labute approximate surface area is 298 Å². The van der Waals surface area contributed by atoms with Crippen molar-refractivity contribution < 1.29 is 0 Å². The first kappa shape index (κ1) is 31.7. The lowest BCUT2D eigenvalue weighted by Gasteiger charge is -2.22. The Morgan fingerprint density at radius 1 is 0.647 bits per heavy atom. The fourth-order valence-corrected chi connectivity index (χ4v) is 7.30. The lowest BCUT2D eigenvalue weighted by molar-refractivity contribution is 0.660. The maximum absolute atomic E-state index is 9.55. The number of nitrogens with zero attached hydrogens (tertiary/aromatic N) is 3. The second-order valence-corrected chi connectivity index (χ2v) is 13.5. The third kappa shape index (κ3) is 5.90. The van der Waals surface area contributed by atoms with Crippen molar-refractivity contribution in [1.82, 2.24) is 0 Å². The fraction of sp³-hybridized carbons (Fsp3) is 0.0851. The Kier molecular flexibility index (Phi) is 8.10. The summed E-state index contributed by atoms with van der Waals surface area (Å²) in [7, 11) is 0. The second-order valence-electron chi connectivity index (χ2n) is 13.5. The van der Waals surface area contributed by atoms with Gasteiger partial charge < -0.3 is 5.73 Å². The average Bonchev–Trinajstić information content (AvgIpc) is 3.41. The first-order valence-corrected chi connectivity index (χ1v) is 17.2. The minimum absolute atomic E-state index is 0.205. The molecule has 0 radical (unpaired) electrons. The quantitative estimate of drug-likeness (QED) is 0.143. The number of rotatable bonds is 6. The van der Waals surface area contributed by atoms with Crippen LogP contribution in [-0.2, 0) is 12.0 Å². The van der Waals surface area contributed by atoms with Crippen LogP contribution in [-0.4, -0.2) is 11.7 Å². The van der Waals surface area contributed by atoms with Crippen LogP contribution in [0, 0.1) is 11.3 Å². The van der Waals surface area contributed by atoms with Gasteiger partial charge >= 0.3 is 0 Å². The van der Waals surface area contributed by atoms with Gasteiger partial charge in [0.15, 0.2) is 5.84 Å². The van der Waals surface area contributed by atoms with Gasteiger partial charge in [0.05, 0.1) is 18.2 Å². The lowest BCUT2D eigenvalue weighted by atomic mass is 9.81. The van der Waals surface area contributed by atoms with Gasteiger partial charge in [-0.15, -0.1) is 0 Å². The molecule has 7 aromatic carbocycles. The highest BCUT2D eigenvalue weighted by atomic mass is 15.0. The van der Waals surface area contributed by atoms with Crippen molar-refractivity contribution in [3.63, 3.8) is 0 Å². The molecule has 0 saturated heterocycles. The summed E-state index contributed by atoms with van der Waals surface area (Å²) in [5, 5.41) is 11.8. The molecule has 7 aromatic rings. The molecule has 1 aliphatic carbocycles. The van der Waals surface area contributed by atoms with E-state index in [1.807, 2.05) is 60.7 Å². The SMILES string of the molecule is CC1(C)c2cc(C#N)ccc2-c2ccc(-c3ccc(-c4c(C(/N=C(\N)c5ccccc5)=N/Cc5ccccc5)ccc5ccccc45)cc3)cc21. The molecule has 0 unspecified atom stereocenters. The van der Waals surface area contributed by atoms with Crippen LogP contribution in [0.15, 0.2) is 168 Å². The Hall–Kier alpha value is -6.57. The summed E-state index contributed by atoms with van der Waals surface area (Å²) in [6.45, 7) is 4.97. The maximum atomic E-state index is 9.55. The zero-order valence-electron chi connectivity index (χ0n) is 28.6. The Bertz CT molecular complexity index is 2520. The molecule has 244 valence electrons. The van der Waals surface area contributed by atoms with Gasteiger partial charge in [0.25, 0.3) is 0 Å². The van der Waals surface area contributed by atoms with Crippen LogP contribution in [0.3, 0.4) is 0 Å². The van der Waals surface area contributed by atoms with Crippen LogP contribution in [0.2, 0.25) is 0 Å². The van der Waals surface area contributed by atoms with Gasteiger partial charge in [-0.25, -0.2) is 4.99 Å². The molecule has 0 heterocycles. The number of hydrogen-bond acceptors (Lipinski definition) is 2. The van der Waals surface area contributed by atoms with Gasteiger partial charge in [0.2, 0.25) is 0 Å². The van der Waals surface area contributed by atoms with Crippen LogP contribution < -0.4 is 5.73 Å². The largest absolute Gasteiger partial charge is 0.383 e. The van der Waals surface area contributed by atoms with Crippen LogP contribution in [0.5, 0.6) is 0 Å². The van der Waals surface area contributed by atoms with Crippen LogP contribution in [0.1, 0.15) is 47.2 Å². The minimum Gasteiger partial charge on any atom is -0.383 e. The zero-order valence-corrected chi connectivity index (χ0v) is 28.6. The van der Waals surface area contributed by atoms with E-state index < -0.39 is 0 Å². The van der Waals surface area contributed by atoms with E-state index in [0.29, 0.717) is 23.8 Å². The number of nitriles is 1. The average molecular weight is 657 g/mol. The summed E-state index contributed by atoms with van der Waals surface area (Å²) in [6, 6.07) is 56.7. The van der Waals surface area contributed by atoms with Crippen molar-refractivity contribution in [1.29, 1.82) is 5.26 Å². The number of fused-ring (bicyclic) bond motifs is 4. The van der Waals surface area contributed by atoms with E-state index in [0.717, 1.165) is 49.7 Å². The number of amidine groups is 2. The Balaban J connectivity index is 1.23. The highest BCUT2D eigenvalue weighted by molar-refractivity contribution is 6.17. The van der Waals surface area contributed by atoms with Gasteiger partial charge in [-0.3, -0.25) is 4.99 Å². The second kappa shape index (κ2) is 13.0. The molecule has 0 aliphatic heterocycles. The molecule has 0 spiro atoms. The van der Waals surface area contributed by atoms with E-state index >= 15 is 0 Å². The minimum atomic E-state index is -0.205. The Morgan fingerprint density at radius 3 is 2.02 bits per heavy atom. The monoisotopic (exact) mass is 656 g/mol. The molecule has 0 fully saturated rings. The third-order valence-corrected chi connectivity index (χ3v) is 10.0. The summed E-state index contributed by atoms with van der Waals surface area (Å²) in [4.78, 5) is 10.1. The van der Waals surface area contributed by atoms with Gasteiger partial charge in [0.1, 0.15) is 5.84 Å². The molecule has 2 N–H and O–H groups in total. The smallest absolute Gasteiger partial charge is 0.157 e. The Morgan fingerprint density at radius 2 is 1.27 bits per heavy atom. The molecular weight excluding hydrogens is 621 g/mol. The van der Waals surface area contributed by atoms with Crippen LogP contribution in [0.4, 0.5) is 0 Å². The van der Waals surface area contributed by atoms with Crippen molar-refractivity contribution in [2.45, 2.75) is 25.8 Å². The molecular formula is C47H36N4. The van der Waals surface area contributed by atoms with Gasteiger partial charge in [0, 0.05) is 22.1 Å². The first-order valence-electron chi connectivity index (χ1n) is 17.2. The number of nitrogens with two attached hydrogens (primary N) is 1. The first-order chi connectivity index (χ1) is 24.9. The van der Waals surface area contributed by atoms with E-state index in [9.17, 15) is 5.26 Å². The van der Waals surface area contributed by atoms with E-state index in [-0.39, 0.29) is 5.41 Å². The van der Waals surface area contributed by atoms with Crippen LogP contribution in [0.25, 0.3) is 44.2 Å². The summed E-state index contributed by atoms with van der Waals surface area (Å²) in [6.07, 6.45) is 0. The molecule has 0 saturated carbocycles. The van der Waals surface area contributed by atoms with E-state index in [1.165, 1.54) is 22.3 Å². The van der Waals surface area contributed by atoms with Crippen molar-refractivity contribution in [3.8, 4) is 39.4 Å². The molecule has 4 heteroatoms. The predicted molar refractivity (Wildman–Crippen MR) is 211 cm³/mol. The number of hydrogen-bond donors (Lipinski definition) is 1. The number of aliphatic imine (C=N–C) groups is 2. The molecule has 8 rings (SSSR count). The third-order valence-electron chi connectivity index (χ3n) is 10.0. The molecule has 4 nitrogen and oxygen atoms in total. The van der Waals surface area contributed by atoms with Gasteiger partial charge in [-0.1, -0.05) is 147 Å². The highest BCUT2D eigenvalue weighted by Gasteiger charge is 2.35. The summed E-state index contributed by atoms with van der Waals surface area (Å²) in [5.74, 6) is 1.01. The lowest BCUT2D eigenvalue weighted by Crippen LogP contribution is -2.16. The molecule has 0 atom stereocenters. The summed E-state index contributed by atoms with van der Waals surface area (Å²) < 4.78 is 0. The van der Waals surface area contributed by atoms with Gasteiger partial charge in [-0.2, -0.15) is 5.26 Å². The normalized spacial score (nSPS) is 13.4. The predicted octanol–water partition coefficient (Wildman–Crippen LogP) is 10.7. The fourth-order valence-electron chi connectivity index (χ4n) is 7.30. The topological polar surface area (TPSA) is 74.5 Å². The molecule has 0 aromatic heterocycles.